The SMILES string of the molecule is COCC(C)(C)C1=NCC(C2CC(C)(S(=O)(=O)c3cccc(C)c3)CCO2)=C1.COCn1nc(Br)cc1C1CC(C)(S(=O)(=O)c2cccc(C)c2)CCO1.COCn1nc(C(C)(C)C(=O)OC)cc1C1CC(C)(S(=O)(=O)c2cccc(C)c2)CCO1.COCn1nc(C(C)(C)CO)cc1C1CC(C)(S(=O)(=O)c2cccc(C)c2)CCO1.COCn1nc(C(C)(C)COC)cc1C1CC(C)(S(=O)(=O)c2cccc(C)c2)CCO1. The van der Waals surface area contributed by atoms with E-state index in [1.807, 2.05) is 118 Å². The topological polar surface area (TPSA) is 402 Å². The van der Waals surface area contributed by atoms with Crippen molar-refractivity contribution in [3.63, 3.8) is 0 Å². The van der Waals surface area contributed by atoms with E-state index in [1.165, 1.54) is 7.11 Å². The molecule has 10 unspecified atom stereocenters. The van der Waals surface area contributed by atoms with Crippen molar-refractivity contribution < 1.29 is 109 Å². The molecule has 0 aliphatic carbocycles. The largest absolute Gasteiger partial charge is 0.468 e. The number of aliphatic imine (C=N–C) groups is 1. The Kier molecular flexibility index (Phi) is 39.0. The summed E-state index contributed by atoms with van der Waals surface area (Å²) in [7, 11) is -6.64. The van der Waals surface area contributed by atoms with Crippen LogP contribution in [0.3, 0.4) is 0 Å². The molecule has 0 amide bonds. The van der Waals surface area contributed by atoms with Gasteiger partial charge in [-0.1, -0.05) is 102 Å². The molecule has 33 nitrogen and oxygen atoms in total. The lowest BCUT2D eigenvalue weighted by molar-refractivity contribution is -0.146. The molecule has 9 aromatic rings. The third kappa shape index (κ3) is 26.6. The van der Waals surface area contributed by atoms with E-state index in [4.69, 9.17) is 61.9 Å². The summed E-state index contributed by atoms with van der Waals surface area (Å²) in [6.07, 6.45) is 4.10. The monoisotopic (exact) mass is 2200 g/mol. The van der Waals surface area contributed by atoms with E-state index < -0.39 is 108 Å². The average Bonchev–Trinajstić information content (AvgIpc) is 1.74. The minimum absolute atomic E-state index is 0.0542. The van der Waals surface area contributed by atoms with Crippen LogP contribution in [0.1, 0.15) is 246 Å². The van der Waals surface area contributed by atoms with Crippen LogP contribution in [0.4, 0.5) is 0 Å². The lowest BCUT2D eigenvalue weighted by Gasteiger charge is -2.38. The maximum absolute atomic E-state index is 13.6. The molecule has 1 N–H and O–H groups in total. The first-order valence-corrected chi connectivity index (χ1v) is 57.6. The summed E-state index contributed by atoms with van der Waals surface area (Å²) in [6, 6.07) is 42.9. The van der Waals surface area contributed by atoms with E-state index in [0.717, 1.165) is 67.6 Å². The van der Waals surface area contributed by atoms with Gasteiger partial charge in [0.15, 0.2) is 49.2 Å². The van der Waals surface area contributed by atoms with Gasteiger partial charge in [0.25, 0.3) is 0 Å². The number of aromatic nitrogens is 8. The van der Waals surface area contributed by atoms with Gasteiger partial charge in [-0.2, -0.15) is 20.4 Å². The molecule has 5 saturated heterocycles. The molecule has 6 aliphatic heterocycles. The van der Waals surface area contributed by atoms with Crippen LogP contribution in [0, 0.1) is 40.0 Å². The molecule has 39 heteroatoms. The predicted octanol–water partition coefficient (Wildman–Crippen LogP) is 17.7. The standard InChI is InChI=1S/C23H32N2O6S.C23H34N2O5S.C22H32N2O5S.C22H31NO4S.C18H23BrN2O4S/c1-16-8-7-9-17(12-16)32(27,28)23(4)10-11-31-19(14-23)18-13-20(24-25(18)15-29-5)22(2,3)21(26)30-6;1-17-8-7-9-18(12-17)31(26,27)23(4)10-11-30-20(14-23)19-13-21(22(2,3)15-28-5)24-25(19)16-29-6;1-16-7-6-8-17(11-16)30(26,27)22(4)9-10-29-19(13-22)18-12-20(21(2,3)14-25)23-24(18)15-28-5;1-16-7-6-8-18(11-16)28(24,25)22(4)9-10-27-19(13-22)17-12-20(23-14-17)21(2,3)15-26-5;1-13-5-4-6-14(9-13)26(22,23)18(2)7-8-25-16(11-18)15-10-17(19)20-21(15)12-24-3/h7-9,12-13,19H,10-11,14-15H2,1-6H3;7-9,12-13,20H,10-11,14-16H2,1-6H3;6-8,11-12,19,25H,9-10,13-15H2,1-5H3;6-8,11-12,19H,9-10,13-15H2,1-5H3;4-6,9-10,16H,7-8,11-12H2,1-3H3. The van der Waals surface area contributed by atoms with Crippen molar-refractivity contribution in [1.29, 1.82) is 0 Å². The Morgan fingerprint density at radius 3 is 0.925 bits per heavy atom. The number of aliphatic hydroxyl groups is 1. The van der Waals surface area contributed by atoms with Gasteiger partial charge in [0.2, 0.25) is 0 Å². The number of halogens is 1. The molecule has 0 bridgehead atoms. The highest BCUT2D eigenvalue weighted by atomic mass is 79.9. The summed E-state index contributed by atoms with van der Waals surface area (Å²) in [4.78, 5) is 18.8. The lowest BCUT2D eigenvalue weighted by atomic mass is 9.86. The van der Waals surface area contributed by atoms with Crippen LogP contribution < -0.4 is 0 Å². The lowest BCUT2D eigenvalue weighted by Crippen LogP contribution is -2.45. The number of carbonyl (C=O) groups is 1. The van der Waals surface area contributed by atoms with Crippen LogP contribution in [0.25, 0.3) is 0 Å². The summed E-state index contributed by atoms with van der Waals surface area (Å²) >= 11 is 3.37. The van der Waals surface area contributed by atoms with Crippen molar-refractivity contribution in [3.8, 4) is 0 Å². The number of ether oxygens (including phenoxy) is 12. The fourth-order valence-corrected chi connectivity index (χ4v) is 29.2. The number of carbonyl (C=O) groups excluding carboxylic acids is 1. The smallest absolute Gasteiger partial charge is 0.317 e. The first-order valence-electron chi connectivity index (χ1n) is 49.4. The third-order valence-electron chi connectivity index (χ3n) is 29.1. The Morgan fingerprint density at radius 2 is 0.639 bits per heavy atom. The molecule has 10 atom stereocenters. The predicted molar refractivity (Wildman–Crippen MR) is 565 cm³/mol. The molecule has 4 aromatic heterocycles. The highest BCUT2D eigenvalue weighted by Crippen LogP contribution is 2.50. The second-order valence-corrected chi connectivity index (χ2v) is 56.2. The van der Waals surface area contributed by atoms with Crippen LogP contribution in [-0.2, 0) is 154 Å². The normalized spacial score (nSPS) is 23.4. The van der Waals surface area contributed by atoms with Crippen molar-refractivity contribution >= 4 is 76.8 Å². The van der Waals surface area contributed by atoms with Crippen molar-refractivity contribution in [2.45, 2.75) is 311 Å². The van der Waals surface area contributed by atoms with E-state index in [2.05, 4.69) is 70.0 Å². The molecule has 810 valence electrons. The van der Waals surface area contributed by atoms with Crippen LogP contribution in [0.15, 0.2) is 191 Å². The van der Waals surface area contributed by atoms with Gasteiger partial charge in [0, 0.05) is 97.6 Å². The van der Waals surface area contributed by atoms with Gasteiger partial charge in [-0.05, 0) is 288 Å². The summed E-state index contributed by atoms with van der Waals surface area (Å²) in [5.74, 6) is -0.414. The number of aryl methyl sites for hydroxylation is 5. The zero-order chi connectivity index (χ0) is 108. The Labute approximate surface area is 878 Å². The second-order valence-electron chi connectivity index (χ2n) is 43.1. The van der Waals surface area contributed by atoms with E-state index >= 15 is 0 Å². The Balaban J connectivity index is 0.000000175. The van der Waals surface area contributed by atoms with Crippen molar-refractivity contribution in [3.05, 3.63) is 230 Å². The first-order chi connectivity index (χ1) is 68.9. The van der Waals surface area contributed by atoms with Crippen LogP contribution >= 0.6 is 15.9 Å². The minimum Gasteiger partial charge on any atom is -0.468 e. The molecule has 5 fully saturated rings. The van der Waals surface area contributed by atoms with Crippen molar-refractivity contribution in [1.82, 2.24) is 39.1 Å². The van der Waals surface area contributed by atoms with Gasteiger partial charge in [-0.15, -0.1) is 0 Å². The summed E-state index contributed by atoms with van der Waals surface area (Å²) in [5.41, 5.74) is 9.83. The molecule has 0 saturated carbocycles. The number of nitrogens with zero attached hydrogens (tertiary/aromatic N) is 9. The maximum atomic E-state index is 13.6. The number of esters is 1. The fourth-order valence-electron chi connectivity index (χ4n) is 19.4. The Morgan fingerprint density at radius 1 is 0.374 bits per heavy atom. The van der Waals surface area contributed by atoms with Gasteiger partial charge in [0.05, 0.1) is 128 Å². The number of allylic oxidation sites excluding steroid dienone is 1. The third-order valence-corrected chi connectivity index (χ3v) is 42.2. The highest BCUT2D eigenvalue weighted by molar-refractivity contribution is 9.10. The Bertz CT molecular complexity index is 6750. The summed E-state index contributed by atoms with van der Waals surface area (Å²) in [5, 5.41) is 28.0. The first kappa shape index (κ1) is 119. The molecule has 5 aromatic carbocycles. The van der Waals surface area contributed by atoms with Gasteiger partial charge in [0.1, 0.15) is 61.4 Å². The Hall–Kier alpha value is -8.43. The number of rotatable bonds is 33. The molecule has 0 radical (unpaired) electrons. The molecular formula is C108H152BrN9O24S5. The zero-order valence-corrected chi connectivity index (χ0v) is 95.5. The average molecular weight is 2200 g/mol. The number of benzene rings is 5. The van der Waals surface area contributed by atoms with E-state index in [1.54, 1.807) is 186 Å². The number of hydrogen-bond acceptors (Lipinski definition) is 29. The van der Waals surface area contributed by atoms with Gasteiger partial charge in [-0.3, -0.25) is 9.79 Å². The molecule has 0 spiro atoms. The van der Waals surface area contributed by atoms with Gasteiger partial charge >= 0.3 is 5.97 Å². The fraction of sp³-hybridized carbons (Fsp3) is 0.574. The summed E-state index contributed by atoms with van der Waals surface area (Å²) < 4.78 is 204. The quantitative estimate of drug-likeness (QED) is 0.0373. The second kappa shape index (κ2) is 48.3. The van der Waals surface area contributed by atoms with E-state index in [0.29, 0.717) is 151 Å². The van der Waals surface area contributed by atoms with Crippen molar-refractivity contribution in [2.24, 2.45) is 10.4 Å². The van der Waals surface area contributed by atoms with Crippen molar-refractivity contribution in [2.75, 3.05) is 109 Å². The molecular weight excluding hydrogens is 2050 g/mol. The van der Waals surface area contributed by atoms with Gasteiger partial charge in [-0.25, -0.2) is 60.8 Å². The van der Waals surface area contributed by atoms with Crippen LogP contribution in [0.2, 0.25) is 0 Å². The zero-order valence-electron chi connectivity index (χ0n) is 89.9. The van der Waals surface area contributed by atoms with E-state index in [9.17, 15) is 52.0 Å². The number of aliphatic hydroxyl groups excluding tert-OH is 1. The molecule has 15 rings (SSSR count). The molecule has 147 heavy (non-hydrogen) atoms. The number of hydrogen-bond donors (Lipinski definition) is 1. The summed E-state index contributed by atoms with van der Waals surface area (Å²) in [6.45, 7) is 38.5. The van der Waals surface area contributed by atoms with Gasteiger partial charge < -0.3 is 61.9 Å². The maximum Gasteiger partial charge on any atom is 0.317 e. The van der Waals surface area contributed by atoms with Crippen LogP contribution in [0.5, 0.6) is 0 Å². The molecule has 6 aliphatic rings. The highest BCUT2D eigenvalue weighted by Gasteiger charge is 2.53. The van der Waals surface area contributed by atoms with Crippen LogP contribution in [-0.4, -0.2) is 237 Å². The number of methoxy groups -OCH3 is 7. The van der Waals surface area contributed by atoms with E-state index in [-0.39, 0.29) is 63.0 Å². The minimum atomic E-state index is -3.60. The molecule has 10 heterocycles. The number of sulfone groups is 5.